The Morgan fingerprint density at radius 3 is 2.56 bits per heavy atom. The van der Waals surface area contributed by atoms with Crippen molar-refractivity contribution in [2.75, 3.05) is 6.54 Å². The lowest BCUT2D eigenvalue weighted by molar-refractivity contribution is -0.137. The second kappa shape index (κ2) is 4.29. The monoisotopic (exact) mass is 132 g/mol. The number of rotatable bonds is 4. The van der Waals surface area contributed by atoms with Crippen LogP contribution in [-0.2, 0) is 4.79 Å². The van der Waals surface area contributed by atoms with Crippen molar-refractivity contribution in [2.24, 2.45) is 11.5 Å². The van der Waals surface area contributed by atoms with E-state index in [4.69, 9.17) is 16.6 Å². The Morgan fingerprint density at radius 2 is 2.22 bits per heavy atom. The number of carbonyl (C=O) groups is 1. The molecule has 0 aliphatic rings. The minimum absolute atomic E-state index is 0.109. The number of hydrogen-bond donors (Lipinski definition) is 3. The molecule has 0 radical (unpaired) electrons. The van der Waals surface area contributed by atoms with Gasteiger partial charge in [-0.15, -0.1) is 0 Å². The van der Waals surface area contributed by atoms with Gasteiger partial charge < -0.3 is 16.6 Å². The van der Waals surface area contributed by atoms with E-state index in [-0.39, 0.29) is 12.5 Å². The molecule has 4 heteroatoms. The van der Waals surface area contributed by atoms with Gasteiger partial charge in [-0.05, 0) is 6.42 Å². The Morgan fingerprint density at radius 1 is 1.67 bits per heavy atom. The van der Waals surface area contributed by atoms with Crippen LogP contribution < -0.4 is 11.5 Å². The normalized spacial score (nSPS) is 13.1. The van der Waals surface area contributed by atoms with Gasteiger partial charge >= 0.3 is 5.97 Å². The van der Waals surface area contributed by atoms with Crippen LogP contribution in [0.4, 0.5) is 0 Å². The molecule has 54 valence electrons. The molecule has 0 unspecified atom stereocenters. The lowest BCUT2D eigenvalue weighted by atomic mass is 10.2. The van der Waals surface area contributed by atoms with Gasteiger partial charge in [0, 0.05) is 19.0 Å². The summed E-state index contributed by atoms with van der Waals surface area (Å²) in [6.45, 7) is 0.354. The largest absolute Gasteiger partial charge is 0.481 e. The number of nitrogens with two attached hydrogens (primary N) is 2. The minimum atomic E-state index is -0.820. The summed E-state index contributed by atoms with van der Waals surface area (Å²) in [5.41, 5.74) is 10.5. The van der Waals surface area contributed by atoms with E-state index >= 15 is 0 Å². The van der Waals surface area contributed by atoms with Crippen molar-refractivity contribution in [3.05, 3.63) is 0 Å². The lowest BCUT2D eigenvalue weighted by Crippen LogP contribution is -2.30. The van der Waals surface area contributed by atoms with Crippen LogP contribution in [-0.4, -0.2) is 23.7 Å². The van der Waals surface area contributed by atoms with Crippen LogP contribution in [0, 0.1) is 0 Å². The van der Waals surface area contributed by atoms with Crippen molar-refractivity contribution in [1.82, 2.24) is 0 Å². The maximum Gasteiger partial charge on any atom is 0.303 e. The molecule has 0 spiro atoms. The number of carboxylic acid groups (broad SMARTS) is 1. The maximum atomic E-state index is 9.92. The summed E-state index contributed by atoms with van der Waals surface area (Å²) in [6, 6.07) is -0.166. The molecule has 9 heavy (non-hydrogen) atoms. The SMILES string of the molecule is NC[C@H](N)CCC(=O)O. The predicted octanol–water partition coefficient (Wildman–Crippen LogP) is -0.863. The van der Waals surface area contributed by atoms with Gasteiger partial charge in [0.15, 0.2) is 0 Å². The molecule has 0 fully saturated rings. The van der Waals surface area contributed by atoms with Crippen molar-refractivity contribution in [1.29, 1.82) is 0 Å². The van der Waals surface area contributed by atoms with Crippen LogP contribution in [0.5, 0.6) is 0 Å². The average Bonchev–Trinajstić information content (AvgIpc) is 1.83. The quantitative estimate of drug-likeness (QED) is 0.464. The Labute approximate surface area is 53.8 Å². The highest BCUT2D eigenvalue weighted by Gasteiger charge is 2.01. The minimum Gasteiger partial charge on any atom is -0.481 e. The zero-order valence-corrected chi connectivity index (χ0v) is 5.21. The molecule has 0 saturated heterocycles. The Bertz CT molecular complexity index is 95.0. The molecule has 4 nitrogen and oxygen atoms in total. The molecule has 0 aromatic rings. The molecular formula is C5H12N2O2. The second-order valence-electron chi connectivity index (χ2n) is 1.93. The van der Waals surface area contributed by atoms with Gasteiger partial charge in [-0.2, -0.15) is 0 Å². The van der Waals surface area contributed by atoms with Gasteiger partial charge in [-0.25, -0.2) is 0 Å². The highest BCUT2D eigenvalue weighted by Crippen LogP contribution is 1.91. The van der Waals surface area contributed by atoms with Gasteiger partial charge in [0.05, 0.1) is 0 Å². The summed E-state index contributed by atoms with van der Waals surface area (Å²) < 4.78 is 0. The van der Waals surface area contributed by atoms with E-state index in [1.54, 1.807) is 0 Å². The third kappa shape index (κ3) is 5.26. The van der Waals surface area contributed by atoms with Gasteiger partial charge in [0.1, 0.15) is 0 Å². The molecule has 0 aliphatic heterocycles. The number of carboxylic acids is 1. The van der Waals surface area contributed by atoms with Crippen molar-refractivity contribution in [3.8, 4) is 0 Å². The highest BCUT2D eigenvalue weighted by molar-refractivity contribution is 5.66. The topological polar surface area (TPSA) is 89.3 Å². The van der Waals surface area contributed by atoms with E-state index in [1.807, 2.05) is 0 Å². The van der Waals surface area contributed by atoms with E-state index in [0.29, 0.717) is 13.0 Å². The summed E-state index contributed by atoms with van der Waals surface area (Å²) in [4.78, 5) is 9.92. The van der Waals surface area contributed by atoms with Gasteiger partial charge in [0.2, 0.25) is 0 Å². The van der Waals surface area contributed by atoms with E-state index in [0.717, 1.165) is 0 Å². The first-order valence-electron chi connectivity index (χ1n) is 2.84. The van der Waals surface area contributed by atoms with E-state index in [1.165, 1.54) is 0 Å². The molecule has 0 aromatic heterocycles. The number of aliphatic carboxylic acids is 1. The summed E-state index contributed by atoms with van der Waals surface area (Å²) in [5, 5.41) is 8.16. The fraction of sp³-hybridized carbons (Fsp3) is 0.800. The molecule has 0 aromatic carbocycles. The Kier molecular flexibility index (Phi) is 4.00. The zero-order chi connectivity index (χ0) is 7.28. The van der Waals surface area contributed by atoms with Gasteiger partial charge in [0.25, 0.3) is 0 Å². The molecule has 0 amide bonds. The standard InChI is InChI=1S/C5H12N2O2/c6-3-4(7)1-2-5(8)9/h4H,1-3,6-7H2,(H,8,9)/t4-/m1/s1. The lowest BCUT2D eigenvalue weighted by Gasteiger charge is -2.03. The summed E-state index contributed by atoms with van der Waals surface area (Å²) in [6.07, 6.45) is 0.574. The molecule has 0 aliphatic carbocycles. The first-order chi connectivity index (χ1) is 4.16. The van der Waals surface area contributed by atoms with E-state index < -0.39 is 5.97 Å². The summed E-state index contributed by atoms with van der Waals surface area (Å²) >= 11 is 0. The molecule has 1 atom stereocenters. The summed E-state index contributed by atoms with van der Waals surface area (Å²) in [5.74, 6) is -0.820. The highest BCUT2D eigenvalue weighted by atomic mass is 16.4. The fourth-order valence-electron chi connectivity index (χ4n) is 0.427. The van der Waals surface area contributed by atoms with Crippen molar-refractivity contribution in [3.63, 3.8) is 0 Å². The van der Waals surface area contributed by atoms with Crippen LogP contribution in [0.2, 0.25) is 0 Å². The fourth-order valence-corrected chi connectivity index (χ4v) is 0.427. The first kappa shape index (κ1) is 8.39. The number of hydrogen-bond acceptors (Lipinski definition) is 3. The maximum absolute atomic E-state index is 9.92. The average molecular weight is 132 g/mol. The molecule has 0 rings (SSSR count). The van der Waals surface area contributed by atoms with Crippen LogP contribution >= 0.6 is 0 Å². The molecule has 0 saturated carbocycles. The van der Waals surface area contributed by atoms with Crippen LogP contribution in [0.25, 0.3) is 0 Å². The molecule has 0 bridgehead atoms. The van der Waals surface area contributed by atoms with Crippen LogP contribution in [0.3, 0.4) is 0 Å². The molecular weight excluding hydrogens is 120 g/mol. The van der Waals surface area contributed by atoms with Gasteiger partial charge in [-0.3, -0.25) is 4.79 Å². The van der Waals surface area contributed by atoms with Crippen LogP contribution in [0.15, 0.2) is 0 Å². The zero-order valence-electron chi connectivity index (χ0n) is 5.21. The van der Waals surface area contributed by atoms with Crippen molar-refractivity contribution < 1.29 is 9.90 Å². The van der Waals surface area contributed by atoms with Crippen molar-refractivity contribution >= 4 is 5.97 Å². The second-order valence-corrected chi connectivity index (χ2v) is 1.93. The van der Waals surface area contributed by atoms with Crippen LogP contribution in [0.1, 0.15) is 12.8 Å². The Hall–Kier alpha value is -0.610. The third-order valence-electron chi connectivity index (χ3n) is 1.03. The summed E-state index contributed by atoms with van der Waals surface area (Å²) in [7, 11) is 0. The smallest absolute Gasteiger partial charge is 0.303 e. The molecule has 0 heterocycles. The Balaban J connectivity index is 3.16. The third-order valence-corrected chi connectivity index (χ3v) is 1.03. The molecule has 5 N–H and O–H groups in total. The van der Waals surface area contributed by atoms with E-state index in [2.05, 4.69) is 0 Å². The van der Waals surface area contributed by atoms with Crippen molar-refractivity contribution in [2.45, 2.75) is 18.9 Å². The van der Waals surface area contributed by atoms with E-state index in [9.17, 15) is 4.79 Å². The first-order valence-corrected chi connectivity index (χ1v) is 2.84. The van der Waals surface area contributed by atoms with Gasteiger partial charge in [-0.1, -0.05) is 0 Å². The predicted molar refractivity (Wildman–Crippen MR) is 33.9 cm³/mol.